The summed E-state index contributed by atoms with van der Waals surface area (Å²) < 4.78 is 5.39. The Hall–Kier alpha value is -1.86. The second kappa shape index (κ2) is 9.97. The van der Waals surface area contributed by atoms with E-state index in [1.54, 1.807) is 0 Å². The number of ether oxygens (including phenoxy) is 1. The first-order valence-corrected chi connectivity index (χ1v) is 7.09. The van der Waals surface area contributed by atoms with Gasteiger partial charge in [0.15, 0.2) is 5.11 Å². The number of halogens is 1. The topological polar surface area (TPSA) is 89.2 Å². The highest BCUT2D eigenvalue weighted by Crippen LogP contribution is 2.19. The van der Waals surface area contributed by atoms with Crippen molar-refractivity contribution in [3.63, 3.8) is 0 Å². The Morgan fingerprint density at radius 3 is 2.23 bits per heavy atom. The van der Waals surface area contributed by atoms with Crippen LogP contribution in [-0.4, -0.2) is 23.4 Å². The fourth-order valence-corrected chi connectivity index (χ4v) is 1.68. The van der Waals surface area contributed by atoms with E-state index in [1.807, 2.05) is 45.0 Å². The summed E-state index contributed by atoms with van der Waals surface area (Å²) in [6.07, 6.45) is 0.799. The number of hydrogen-bond donors (Lipinski definition) is 2. The molecule has 8 heteroatoms. The second-order valence-corrected chi connectivity index (χ2v) is 4.67. The summed E-state index contributed by atoms with van der Waals surface area (Å²) in [6, 6.07) is 7.25. The Morgan fingerprint density at radius 1 is 1.18 bits per heavy atom. The van der Waals surface area contributed by atoms with Crippen LogP contribution in [0.5, 0.6) is 5.75 Å². The van der Waals surface area contributed by atoms with Crippen LogP contribution in [-0.2, 0) is 0 Å². The molecule has 0 aliphatic rings. The molecule has 0 atom stereocenters. The Kier molecular flexibility index (Phi) is 9.12. The predicted octanol–water partition coefficient (Wildman–Crippen LogP) is 2.66. The molecule has 122 valence electrons. The van der Waals surface area contributed by atoms with E-state index in [1.165, 1.54) is 4.90 Å². The molecule has 1 aromatic rings. The number of nitrogens with zero attached hydrogens (tertiary/aromatic N) is 3. The largest absolute Gasteiger partial charge is 0.494 e. The van der Waals surface area contributed by atoms with Gasteiger partial charge in [-0.25, -0.2) is 0 Å². The number of hydrogen-bond acceptors (Lipinski definition) is 4. The molecule has 0 unspecified atom stereocenters. The molecule has 0 spiro atoms. The van der Waals surface area contributed by atoms with E-state index in [2.05, 4.69) is 10.2 Å². The van der Waals surface area contributed by atoms with Gasteiger partial charge < -0.3 is 16.2 Å². The van der Waals surface area contributed by atoms with Crippen molar-refractivity contribution in [1.82, 2.24) is 0 Å². The third-order valence-corrected chi connectivity index (χ3v) is 2.87. The van der Waals surface area contributed by atoms with E-state index in [4.69, 9.17) is 28.4 Å². The van der Waals surface area contributed by atoms with Gasteiger partial charge in [-0.2, -0.15) is 5.10 Å². The van der Waals surface area contributed by atoms with Crippen molar-refractivity contribution in [3.8, 4) is 5.75 Å². The quantitative estimate of drug-likeness (QED) is 0.371. The molecule has 6 nitrogen and oxygen atoms in total. The molecule has 1 rings (SSSR count). The van der Waals surface area contributed by atoms with Gasteiger partial charge in [-0.1, -0.05) is 6.92 Å². The van der Waals surface area contributed by atoms with Crippen molar-refractivity contribution in [2.45, 2.75) is 27.2 Å². The summed E-state index contributed by atoms with van der Waals surface area (Å²) in [5, 5.41) is 8.08. The van der Waals surface area contributed by atoms with Gasteiger partial charge in [-0.05, 0) is 56.8 Å². The fourth-order valence-electron chi connectivity index (χ4n) is 1.48. The van der Waals surface area contributed by atoms with Crippen LogP contribution in [0.2, 0.25) is 0 Å². The minimum Gasteiger partial charge on any atom is -0.494 e. The van der Waals surface area contributed by atoms with E-state index < -0.39 is 0 Å². The van der Waals surface area contributed by atoms with E-state index in [0.717, 1.165) is 17.9 Å². The number of rotatable bonds is 5. The Morgan fingerprint density at radius 2 is 1.77 bits per heavy atom. The molecule has 0 aromatic heterocycles. The first-order valence-electron chi connectivity index (χ1n) is 6.68. The minimum absolute atomic E-state index is 0. The molecular weight excluding hydrogens is 322 g/mol. The molecule has 0 saturated heterocycles. The molecule has 0 aliphatic heterocycles. The summed E-state index contributed by atoms with van der Waals surface area (Å²) in [4.78, 5) is 1.46. The molecule has 22 heavy (non-hydrogen) atoms. The van der Waals surface area contributed by atoms with Crippen LogP contribution in [0, 0.1) is 0 Å². The zero-order chi connectivity index (χ0) is 15.8. The van der Waals surface area contributed by atoms with Crippen LogP contribution in [0.3, 0.4) is 0 Å². The lowest BCUT2D eigenvalue weighted by molar-refractivity contribution is 0.340. The van der Waals surface area contributed by atoms with Gasteiger partial charge in [-0.15, -0.1) is 17.5 Å². The molecule has 0 aliphatic carbocycles. The standard InChI is InChI=1S/C14H21N5OS.ClH/c1-4-10(3)17-18-13(15)19(14(16)21)11-6-8-12(9-7-11)20-5-2;/h6-9H,4-5H2,1-3H3,(H2,15,18)(H2,16,21);1H/b17-10+;. The first kappa shape index (κ1) is 20.1. The van der Waals surface area contributed by atoms with Crippen LogP contribution in [0.4, 0.5) is 5.69 Å². The maximum Gasteiger partial charge on any atom is 0.227 e. The highest BCUT2D eigenvalue weighted by Gasteiger charge is 2.14. The van der Waals surface area contributed by atoms with Crippen LogP contribution in [0.1, 0.15) is 27.2 Å². The van der Waals surface area contributed by atoms with Crippen molar-refractivity contribution in [3.05, 3.63) is 24.3 Å². The summed E-state index contributed by atoms with van der Waals surface area (Å²) in [7, 11) is 0. The van der Waals surface area contributed by atoms with Crippen LogP contribution < -0.4 is 21.1 Å². The molecule has 0 bridgehead atoms. The monoisotopic (exact) mass is 343 g/mol. The van der Waals surface area contributed by atoms with Gasteiger partial charge in [0.2, 0.25) is 5.96 Å². The van der Waals surface area contributed by atoms with Crippen LogP contribution in [0.25, 0.3) is 0 Å². The summed E-state index contributed by atoms with van der Waals surface area (Å²) in [5.41, 5.74) is 13.2. The number of thiocarbonyl (C=S) groups is 1. The molecule has 4 N–H and O–H groups in total. The van der Waals surface area contributed by atoms with Gasteiger partial charge >= 0.3 is 0 Å². The SMILES string of the molecule is CCOc1ccc(N(C(N)=S)/C(N)=N/N=C(\C)CC)cc1.Cl. The molecule has 0 heterocycles. The third kappa shape index (κ3) is 5.87. The van der Waals surface area contributed by atoms with Gasteiger partial charge in [0, 0.05) is 5.71 Å². The number of benzene rings is 1. The molecule has 1 aromatic carbocycles. The van der Waals surface area contributed by atoms with Crippen molar-refractivity contribution in [2.75, 3.05) is 11.5 Å². The molecule has 0 amide bonds. The van der Waals surface area contributed by atoms with Gasteiger partial charge in [0.1, 0.15) is 5.75 Å². The zero-order valence-corrected chi connectivity index (χ0v) is 14.6. The summed E-state index contributed by atoms with van der Waals surface area (Å²) in [6.45, 7) is 6.39. The van der Waals surface area contributed by atoms with Gasteiger partial charge in [-0.3, -0.25) is 4.90 Å². The van der Waals surface area contributed by atoms with Gasteiger partial charge in [0.25, 0.3) is 0 Å². The van der Waals surface area contributed by atoms with E-state index in [-0.39, 0.29) is 23.5 Å². The minimum atomic E-state index is 0. The average molecular weight is 344 g/mol. The number of guanidine groups is 1. The van der Waals surface area contributed by atoms with Crippen molar-refractivity contribution >= 4 is 47.1 Å². The Bertz CT molecular complexity index is 545. The zero-order valence-electron chi connectivity index (χ0n) is 12.9. The van der Waals surface area contributed by atoms with Crippen molar-refractivity contribution in [1.29, 1.82) is 0 Å². The lowest BCUT2D eigenvalue weighted by Crippen LogP contribution is -2.45. The molecule has 0 saturated carbocycles. The normalized spacial score (nSPS) is 11.6. The maximum absolute atomic E-state index is 5.92. The molecule has 0 fully saturated rings. The van der Waals surface area contributed by atoms with Crippen LogP contribution >= 0.6 is 24.6 Å². The Labute approximate surface area is 142 Å². The number of anilines is 1. The number of nitrogens with two attached hydrogens (primary N) is 2. The summed E-state index contributed by atoms with van der Waals surface area (Å²) >= 11 is 5.03. The van der Waals surface area contributed by atoms with Crippen molar-refractivity contribution < 1.29 is 4.74 Å². The lowest BCUT2D eigenvalue weighted by atomic mass is 10.3. The third-order valence-electron chi connectivity index (χ3n) is 2.69. The molecular formula is C14H22ClN5OS. The highest BCUT2D eigenvalue weighted by molar-refractivity contribution is 7.80. The van der Waals surface area contributed by atoms with E-state index in [0.29, 0.717) is 12.3 Å². The molecule has 0 radical (unpaired) electrons. The van der Waals surface area contributed by atoms with Gasteiger partial charge in [0.05, 0.1) is 12.3 Å². The maximum atomic E-state index is 5.92. The first-order chi connectivity index (χ1) is 9.99. The lowest BCUT2D eigenvalue weighted by Gasteiger charge is -2.21. The van der Waals surface area contributed by atoms with E-state index in [9.17, 15) is 0 Å². The smallest absolute Gasteiger partial charge is 0.227 e. The summed E-state index contributed by atoms with van der Waals surface area (Å²) in [5.74, 6) is 0.888. The second-order valence-electron chi connectivity index (χ2n) is 4.25. The van der Waals surface area contributed by atoms with Crippen LogP contribution in [0.15, 0.2) is 34.5 Å². The van der Waals surface area contributed by atoms with Crippen molar-refractivity contribution in [2.24, 2.45) is 21.7 Å². The fraction of sp³-hybridized carbons (Fsp3) is 0.357. The highest BCUT2D eigenvalue weighted by atomic mass is 35.5. The van der Waals surface area contributed by atoms with E-state index >= 15 is 0 Å². The average Bonchev–Trinajstić information content (AvgIpc) is 2.46. The predicted molar refractivity (Wildman–Crippen MR) is 99.1 cm³/mol. The Balaban J connectivity index is 0.00000441.